The SMILES string of the molecule is CC1NCCN(C)C1=O.O=C1NCc2nc(-c3c(F)cccc3F)nc(Nc3ccccc3)c21. The Morgan fingerprint density at radius 2 is 1.71 bits per heavy atom. The van der Waals surface area contributed by atoms with Crippen LogP contribution >= 0.6 is 0 Å². The molecule has 2 aromatic carbocycles. The highest BCUT2D eigenvalue weighted by molar-refractivity contribution is 6.03. The predicted octanol–water partition coefficient (Wildman–Crippen LogP) is 2.85. The van der Waals surface area contributed by atoms with E-state index in [2.05, 4.69) is 25.9 Å². The lowest BCUT2D eigenvalue weighted by atomic mass is 10.1. The Kier molecular flexibility index (Phi) is 6.78. The van der Waals surface area contributed by atoms with E-state index < -0.39 is 11.6 Å². The monoisotopic (exact) mass is 466 g/mol. The molecule has 1 aromatic heterocycles. The number of nitrogens with zero attached hydrogens (tertiary/aromatic N) is 3. The number of piperazine rings is 1. The first kappa shape index (κ1) is 23.2. The van der Waals surface area contributed by atoms with E-state index in [9.17, 15) is 18.4 Å². The van der Waals surface area contributed by atoms with Gasteiger partial charge in [0.15, 0.2) is 5.82 Å². The lowest BCUT2D eigenvalue weighted by Gasteiger charge is -2.27. The zero-order valence-corrected chi connectivity index (χ0v) is 18.7. The molecule has 2 aliphatic rings. The average molecular weight is 466 g/mol. The van der Waals surface area contributed by atoms with E-state index in [1.54, 1.807) is 17.0 Å². The number of hydrogen-bond donors (Lipinski definition) is 3. The zero-order valence-electron chi connectivity index (χ0n) is 18.7. The van der Waals surface area contributed by atoms with Crippen molar-refractivity contribution in [2.45, 2.75) is 19.5 Å². The molecule has 5 rings (SSSR count). The van der Waals surface area contributed by atoms with Gasteiger partial charge in [-0.05, 0) is 31.2 Å². The molecule has 34 heavy (non-hydrogen) atoms. The third-order valence-corrected chi connectivity index (χ3v) is 5.49. The Morgan fingerprint density at radius 3 is 2.35 bits per heavy atom. The molecule has 1 unspecified atom stereocenters. The average Bonchev–Trinajstić information content (AvgIpc) is 3.19. The number of para-hydroxylation sites is 1. The number of hydrogen-bond acceptors (Lipinski definition) is 6. The van der Waals surface area contributed by atoms with Gasteiger partial charge < -0.3 is 20.9 Å². The largest absolute Gasteiger partial charge is 0.346 e. The number of halogens is 2. The van der Waals surface area contributed by atoms with Crippen LogP contribution in [0.5, 0.6) is 0 Å². The highest BCUT2D eigenvalue weighted by Crippen LogP contribution is 2.30. The van der Waals surface area contributed by atoms with Crippen LogP contribution in [0.4, 0.5) is 20.3 Å². The lowest BCUT2D eigenvalue weighted by molar-refractivity contribution is -0.133. The minimum Gasteiger partial charge on any atom is -0.346 e. The van der Waals surface area contributed by atoms with Crippen molar-refractivity contribution < 1.29 is 18.4 Å². The topological polar surface area (TPSA) is 99.3 Å². The summed E-state index contributed by atoms with van der Waals surface area (Å²) in [5.41, 5.74) is 1.06. The second-order valence-corrected chi connectivity index (χ2v) is 7.92. The Bertz CT molecular complexity index is 1190. The van der Waals surface area contributed by atoms with Crippen LogP contribution in [0.1, 0.15) is 23.0 Å². The minimum atomic E-state index is -0.761. The van der Waals surface area contributed by atoms with Crippen LogP contribution in [0.15, 0.2) is 48.5 Å². The molecule has 3 heterocycles. The molecule has 10 heteroatoms. The molecule has 3 N–H and O–H groups in total. The van der Waals surface area contributed by atoms with Gasteiger partial charge in [-0.2, -0.15) is 0 Å². The summed E-state index contributed by atoms with van der Waals surface area (Å²) in [6.45, 7) is 3.83. The van der Waals surface area contributed by atoms with E-state index in [1.165, 1.54) is 6.07 Å². The van der Waals surface area contributed by atoms with Crippen molar-refractivity contribution >= 4 is 23.3 Å². The van der Waals surface area contributed by atoms with Gasteiger partial charge in [-0.3, -0.25) is 9.59 Å². The molecule has 2 amide bonds. The van der Waals surface area contributed by atoms with Crippen molar-refractivity contribution in [3.8, 4) is 11.4 Å². The number of benzene rings is 2. The van der Waals surface area contributed by atoms with E-state index in [-0.39, 0.29) is 47.2 Å². The van der Waals surface area contributed by atoms with Crippen molar-refractivity contribution in [2.75, 3.05) is 25.5 Å². The van der Waals surface area contributed by atoms with Crippen LogP contribution in [0.25, 0.3) is 11.4 Å². The Hall–Kier alpha value is -3.92. The second kappa shape index (κ2) is 9.92. The fraction of sp³-hybridized carbons (Fsp3) is 0.250. The minimum absolute atomic E-state index is 0.0174. The quantitative estimate of drug-likeness (QED) is 0.549. The fourth-order valence-corrected chi connectivity index (χ4v) is 3.67. The van der Waals surface area contributed by atoms with Crippen LogP contribution in [0.3, 0.4) is 0 Å². The number of anilines is 2. The van der Waals surface area contributed by atoms with Gasteiger partial charge in [-0.1, -0.05) is 24.3 Å². The van der Waals surface area contributed by atoms with Gasteiger partial charge in [0.2, 0.25) is 5.91 Å². The summed E-state index contributed by atoms with van der Waals surface area (Å²) in [4.78, 5) is 33.2. The smallest absolute Gasteiger partial charge is 0.257 e. The van der Waals surface area contributed by atoms with Crippen molar-refractivity contribution in [1.82, 2.24) is 25.5 Å². The summed E-state index contributed by atoms with van der Waals surface area (Å²) in [5, 5.41) is 8.75. The van der Waals surface area contributed by atoms with Gasteiger partial charge in [0.25, 0.3) is 5.91 Å². The number of carbonyl (C=O) groups is 2. The molecule has 1 saturated heterocycles. The van der Waals surface area contributed by atoms with Crippen LogP contribution < -0.4 is 16.0 Å². The van der Waals surface area contributed by atoms with Gasteiger partial charge in [0, 0.05) is 25.8 Å². The first-order valence-corrected chi connectivity index (χ1v) is 10.8. The first-order valence-electron chi connectivity index (χ1n) is 10.8. The standard InChI is InChI=1S/C18H12F2N4O.C6H12N2O/c19-11-7-4-8-12(20)14(11)16-23-13-9-21-18(25)15(13)17(24-16)22-10-5-2-1-3-6-10;1-5-6(9)8(2)4-3-7-5/h1-8H,9H2,(H,21,25)(H,22,23,24);5,7H,3-4H2,1-2H3. The molecule has 1 atom stereocenters. The van der Waals surface area contributed by atoms with Crippen LogP contribution in [0, 0.1) is 11.6 Å². The van der Waals surface area contributed by atoms with E-state index >= 15 is 0 Å². The van der Waals surface area contributed by atoms with Crippen molar-refractivity contribution in [2.24, 2.45) is 0 Å². The molecule has 0 radical (unpaired) electrons. The molecule has 0 saturated carbocycles. The number of amides is 2. The molecular formula is C24H24F2N6O2. The summed E-state index contributed by atoms with van der Waals surface area (Å²) in [7, 11) is 1.83. The molecule has 0 aliphatic carbocycles. The second-order valence-electron chi connectivity index (χ2n) is 7.92. The van der Waals surface area contributed by atoms with Crippen LogP contribution in [-0.4, -0.2) is 52.9 Å². The van der Waals surface area contributed by atoms with E-state index in [1.807, 2.05) is 32.2 Å². The third-order valence-electron chi connectivity index (χ3n) is 5.49. The molecule has 0 bridgehead atoms. The summed E-state index contributed by atoms with van der Waals surface area (Å²) < 4.78 is 28.2. The van der Waals surface area contributed by atoms with Gasteiger partial charge in [0.05, 0.1) is 23.8 Å². The number of fused-ring (bicyclic) bond motifs is 1. The molecule has 1 fully saturated rings. The van der Waals surface area contributed by atoms with Gasteiger partial charge in [-0.15, -0.1) is 0 Å². The number of likely N-dealkylation sites (N-methyl/N-ethyl adjacent to an activating group) is 1. The predicted molar refractivity (Wildman–Crippen MR) is 123 cm³/mol. The summed E-state index contributed by atoms with van der Waals surface area (Å²) in [6, 6.07) is 12.7. The third kappa shape index (κ3) is 4.86. The number of carbonyl (C=O) groups excluding carboxylic acids is 2. The molecule has 8 nitrogen and oxygen atoms in total. The zero-order chi connectivity index (χ0) is 24.2. The number of aromatic nitrogens is 2. The number of rotatable bonds is 3. The molecule has 0 spiro atoms. The first-order chi connectivity index (χ1) is 16.3. The maximum atomic E-state index is 14.1. The Morgan fingerprint density at radius 1 is 1.00 bits per heavy atom. The highest BCUT2D eigenvalue weighted by atomic mass is 19.1. The Balaban J connectivity index is 0.000000257. The van der Waals surface area contributed by atoms with E-state index in [4.69, 9.17) is 0 Å². The Labute approximate surface area is 195 Å². The molecule has 176 valence electrons. The molecule has 3 aromatic rings. The van der Waals surface area contributed by atoms with Gasteiger partial charge in [0.1, 0.15) is 23.0 Å². The highest BCUT2D eigenvalue weighted by Gasteiger charge is 2.28. The van der Waals surface area contributed by atoms with Crippen molar-refractivity contribution in [1.29, 1.82) is 0 Å². The van der Waals surface area contributed by atoms with E-state index in [0.717, 1.165) is 25.2 Å². The van der Waals surface area contributed by atoms with Crippen LogP contribution in [-0.2, 0) is 11.3 Å². The lowest BCUT2D eigenvalue weighted by Crippen LogP contribution is -2.51. The molecular weight excluding hydrogens is 442 g/mol. The number of nitrogens with one attached hydrogen (secondary N) is 3. The van der Waals surface area contributed by atoms with Gasteiger partial charge >= 0.3 is 0 Å². The van der Waals surface area contributed by atoms with E-state index in [0.29, 0.717) is 11.4 Å². The van der Waals surface area contributed by atoms with Gasteiger partial charge in [-0.25, -0.2) is 18.7 Å². The van der Waals surface area contributed by atoms with Crippen molar-refractivity contribution in [3.63, 3.8) is 0 Å². The maximum Gasteiger partial charge on any atom is 0.257 e. The summed E-state index contributed by atoms with van der Waals surface area (Å²) in [6.07, 6.45) is 0. The summed E-state index contributed by atoms with van der Waals surface area (Å²) in [5.74, 6) is -1.55. The molecule has 2 aliphatic heterocycles. The van der Waals surface area contributed by atoms with Crippen molar-refractivity contribution in [3.05, 3.63) is 71.4 Å². The maximum absolute atomic E-state index is 14.1. The fourth-order valence-electron chi connectivity index (χ4n) is 3.67. The normalized spacial score (nSPS) is 16.9. The summed E-state index contributed by atoms with van der Waals surface area (Å²) >= 11 is 0. The van der Waals surface area contributed by atoms with Crippen LogP contribution in [0.2, 0.25) is 0 Å².